The van der Waals surface area contributed by atoms with Crippen LogP contribution in [-0.4, -0.2) is 33.8 Å². The third-order valence-electron chi connectivity index (χ3n) is 3.80. The smallest absolute Gasteiger partial charge is 0.228 e. The lowest BCUT2D eigenvalue weighted by atomic mass is 9.98. The van der Waals surface area contributed by atoms with E-state index in [1.807, 2.05) is 35.9 Å². The molecule has 1 amide bonds. The van der Waals surface area contributed by atoms with Gasteiger partial charge in [-0.2, -0.15) is 0 Å². The SMILES string of the molecule is Cn1cnnc1-c1ccccc1NC(=O)C1CCCNC1. The second-order valence-corrected chi connectivity index (χ2v) is 5.34. The van der Waals surface area contributed by atoms with Crippen molar-refractivity contribution in [3.63, 3.8) is 0 Å². The highest BCUT2D eigenvalue weighted by Gasteiger charge is 2.22. The third-order valence-corrected chi connectivity index (χ3v) is 3.80. The number of piperidine rings is 1. The summed E-state index contributed by atoms with van der Waals surface area (Å²) in [5, 5.41) is 14.3. The van der Waals surface area contributed by atoms with Crippen LogP contribution in [0.15, 0.2) is 30.6 Å². The van der Waals surface area contributed by atoms with E-state index in [2.05, 4.69) is 20.8 Å². The molecule has 0 radical (unpaired) electrons. The molecule has 2 heterocycles. The van der Waals surface area contributed by atoms with E-state index in [0.29, 0.717) is 0 Å². The molecule has 0 spiro atoms. The highest BCUT2D eigenvalue weighted by Crippen LogP contribution is 2.26. The van der Waals surface area contributed by atoms with Crippen molar-refractivity contribution in [2.45, 2.75) is 12.8 Å². The molecule has 6 heteroatoms. The molecule has 3 rings (SSSR count). The predicted molar refractivity (Wildman–Crippen MR) is 80.7 cm³/mol. The van der Waals surface area contributed by atoms with E-state index in [4.69, 9.17) is 0 Å². The number of aromatic nitrogens is 3. The van der Waals surface area contributed by atoms with Gasteiger partial charge in [0.1, 0.15) is 6.33 Å². The van der Waals surface area contributed by atoms with E-state index in [9.17, 15) is 4.79 Å². The number of carbonyl (C=O) groups is 1. The van der Waals surface area contributed by atoms with Gasteiger partial charge in [-0.3, -0.25) is 4.79 Å². The Kier molecular flexibility index (Phi) is 3.96. The number of aryl methyl sites for hydroxylation is 1. The van der Waals surface area contributed by atoms with Crippen LogP contribution in [0.3, 0.4) is 0 Å². The molecule has 0 aliphatic carbocycles. The summed E-state index contributed by atoms with van der Waals surface area (Å²) >= 11 is 0. The number of carbonyl (C=O) groups excluding carboxylic acids is 1. The number of nitrogens with one attached hydrogen (secondary N) is 2. The third kappa shape index (κ3) is 2.95. The summed E-state index contributed by atoms with van der Waals surface area (Å²) in [7, 11) is 1.89. The van der Waals surface area contributed by atoms with Crippen LogP contribution in [0.1, 0.15) is 12.8 Å². The summed E-state index contributed by atoms with van der Waals surface area (Å²) < 4.78 is 1.84. The number of hydrogen-bond acceptors (Lipinski definition) is 4. The van der Waals surface area contributed by atoms with E-state index < -0.39 is 0 Å². The lowest BCUT2D eigenvalue weighted by Gasteiger charge is -2.22. The molecule has 1 aromatic carbocycles. The monoisotopic (exact) mass is 285 g/mol. The quantitative estimate of drug-likeness (QED) is 0.894. The second kappa shape index (κ2) is 6.05. The summed E-state index contributed by atoms with van der Waals surface area (Å²) in [5.74, 6) is 0.843. The van der Waals surface area contributed by atoms with Gasteiger partial charge in [0.25, 0.3) is 0 Å². The minimum Gasteiger partial charge on any atom is -0.325 e. The number of nitrogens with zero attached hydrogens (tertiary/aromatic N) is 3. The molecule has 1 aromatic heterocycles. The van der Waals surface area contributed by atoms with Gasteiger partial charge in [0.15, 0.2) is 5.82 Å². The average Bonchev–Trinajstić information content (AvgIpc) is 2.95. The average molecular weight is 285 g/mol. The number of rotatable bonds is 3. The van der Waals surface area contributed by atoms with Gasteiger partial charge in [0.05, 0.1) is 11.6 Å². The number of hydrogen-bond donors (Lipinski definition) is 2. The lowest BCUT2D eigenvalue weighted by Crippen LogP contribution is -2.37. The van der Waals surface area contributed by atoms with E-state index in [-0.39, 0.29) is 11.8 Å². The van der Waals surface area contributed by atoms with Gasteiger partial charge in [0, 0.05) is 19.2 Å². The zero-order chi connectivity index (χ0) is 14.7. The van der Waals surface area contributed by atoms with Crippen molar-refractivity contribution in [1.29, 1.82) is 0 Å². The van der Waals surface area contributed by atoms with Crippen molar-refractivity contribution in [2.75, 3.05) is 18.4 Å². The standard InChI is InChI=1S/C15H19N5O/c1-20-10-17-19-14(20)12-6-2-3-7-13(12)18-15(21)11-5-4-8-16-9-11/h2-3,6-7,10-11,16H,4-5,8-9H2,1H3,(H,18,21). The van der Waals surface area contributed by atoms with Gasteiger partial charge < -0.3 is 15.2 Å². The van der Waals surface area contributed by atoms with Crippen molar-refractivity contribution >= 4 is 11.6 Å². The van der Waals surface area contributed by atoms with Crippen LogP contribution < -0.4 is 10.6 Å². The highest BCUT2D eigenvalue weighted by molar-refractivity contribution is 5.96. The molecule has 1 fully saturated rings. The van der Waals surface area contributed by atoms with Gasteiger partial charge in [-0.15, -0.1) is 10.2 Å². The summed E-state index contributed by atoms with van der Waals surface area (Å²) in [5.41, 5.74) is 1.67. The maximum atomic E-state index is 12.4. The molecule has 0 saturated carbocycles. The summed E-state index contributed by atoms with van der Waals surface area (Å²) in [6, 6.07) is 7.69. The summed E-state index contributed by atoms with van der Waals surface area (Å²) in [6.07, 6.45) is 3.63. The maximum Gasteiger partial charge on any atom is 0.228 e. The van der Waals surface area contributed by atoms with Crippen molar-refractivity contribution in [1.82, 2.24) is 20.1 Å². The first kappa shape index (κ1) is 13.8. The maximum absolute atomic E-state index is 12.4. The fourth-order valence-corrected chi connectivity index (χ4v) is 2.62. The van der Waals surface area contributed by atoms with E-state index in [1.54, 1.807) is 6.33 Å². The van der Waals surface area contributed by atoms with Crippen LogP contribution in [0.5, 0.6) is 0 Å². The minimum absolute atomic E-state index is 0.0336. The molecule has 0 bridgehead atoms. The van der Waals surface area contributed by atoms with Gasteiger partial charge in [0.2, 0.25) is 5.91 Å². The number of anilines is 1. The zero-order valence-electron chi connectivity index (χ0n) is 12.0. The molecular formula is C15H19N5O. The Morgan fingerprint density at radius 3 is 3.00 bits per heavy atom. The largest absolute Gasteiger partial charge is 0.325 e. The molecule has 21 heavy (non-hydrogen) atoms. The molecule has 110 valence electrons. The summed E-state index contributed by atoms with van der Waals surface area (Å²) in [6.45, 7) is 1.75. The Morgan fingerprint density at radius 2 is 2.29 bits per heavy atom. The first-order valence-electron chi connectivity index (χ1n) is 7.20. The van der Waals surface area contributed by atoms with Gasteiger partial charge in [-0.1, -0.05) is 12.1 Å². The van der Waals surface area contributed by atoms with Crippen LogP contribution in [0.4, 0.5) is 5.69 Å². The molecule has 2 aromatic rings. The molecule has 1 aliphatic heterocycles. The number of para-hydroxylation sites is 1. The fraction of sp³-hybridized carbons (Fsp3) is 0.400. The van der Waals surface area contributed by atoms with Crippen LogP contribution in [0.2, 0.25) is 0 Å². The van der Waals surface area contributed by atoms with Crippen molar-refractivity contribution in [3.05, 3.63) is 30.6 Å². The second-order valence-electron chi connectivity index (χ2n) is 5.34. The van der Waals surface area contributed by atoms with Crippen molar-refractivity contribution in [2.24, 2.45) is 13.0 Å². The summed E-state index contributed by atoms with van der Waals surface area (Å²) in [4.78, 5) is 12.4. The molecule has 1 saturated heterocycles. The first-order valence-corrected chi connectivity index (χ1v) is 7.20. The van der Waals surface area contributed by atoms with E-state index in [0.717, 1.165) is 43.0 Å². The Balaban J connectivity index is 1.82. The molecular weight excluding hydrogens is 266 g/mol. The first-order chi connectivity index (χ1) is 10.3. The van der Waals surface area contributed by atoms with Crippen molar-refractivity contribution in [3.8, 4) is 11.4 Å². The molecule has 2 N–H and O–H groups in total. The Labute approximate surface area is 123 Å². The van der Waals surface area contributed by atoms with Crippen LogP contribution in [0, 0.1) is 5.92 Å². The fourth-order valence-electron chi connectivity index (χ4n) is 2.62. The van der Waals surface area contributed by atoms with Crippen LogP contribution >= 0.6 is 0 Å². The highest BCUT2D eigenvalue weighted by atomic mass is 16.1. The Morgan fingerprint density at radius 1 is 1.43 bits per heavy atom. The van der Waals surface area contributed by atoms with Crippen LogP contribution in [-0.2, 0) is 11.8 Å². The topological polar surface area (TPSA) is 71.8 Å². The Hall–Kier alpha value is -2.21. The number of amides is 1. The number of benzene rings is 1. The predicted octanol–water partition coefficient (Wildman–Crippen LogP) is 1.42. The Bertz CT molecular complexity index is 630. The molecule has 1 unspecified atom stereocenters. The van der Waals surface area contributed by atoms with Crippen molar-refractivity contribution < 1.29 is 4.79 Å². The van der Waals surface area contributed by atoms with E-state index >= 15 is 0 Å². The molecule has 6 nitrogen and oxygen atoms in total. The van der Waals surface area contributed by atoms with E-state index in [1.165, 1.54) is 0 Å². The van der Waals surface area contributed by atoms with Gasteiger partial charge in [-0.25, -0.2) is 0 Å². The lowest BCUT2D eigenvalue weighted by molar-refractivity contribution is -0.120. The van der Waals surface area contributed by atoms with Gasteiger partial charge in [-0.05, 0) is 31.5 Å². The normalized spacial score (nSPS) is 18.4. The minimum atomic E-state index is 0.0336. The van der Waals surface area contributed by atoms with Gasteiger partial charge >= 0.3 is 0 Å². The zero-order valence-corrected chi connectivity index (χ0v) is 12.0. The van der Waals surface area contributed by atoms with Crippen LogP contribution in [0.25, 0.3) is 11.4 Å². The molecule has 1 atom stereocenters. The molecule has 1 aliphatic rings.